The van der Waals surface area contributed by atoms with Gasteiger partial charge in [0.15, 0.2) is 0 Å². The number of pyridine rings is 1. The van der Waals surface area contributed by atoms with E-state index in [2.05, 4.69) is 38.7 Å². The van der Waals surface area contributed by atoms with E-state index in [1.54, 1.807) is 18.8 Å². The Morgan fingerprint density at radius 2 is 1.33 bits per heavy atom. The van der Waals surface area contributed by atoms with E-state index in [-0.39, 0.29) is 24.7 Å². The van der Waals surface area contributed by atoms with Gasteiger partial charge < -0.3 is 24.7 Å². The van der Waals surface area contributed by atoms with Gasteiger partial charge in [0.25, 0.3) is 0 Å². The summed E-state index contributed by atoms with van der Waals surface area (Å²) in [5.74, 6) is 0. The van der Waals surface area contributed by atoms with Crippen molar-refractivity contribution in [1.29, 1.82) is 0 Å². The van der Waals surface area contributed by atoms with Crippen molar-refractivity contribution >= 4 is 20.3 Å². The second kappa shape index (κ2) is 11.7. The molecular formula is C15H15Cl2N3Pt-3. The van der Waals surface area contributed by atoms with E-state index >= 15 is 0 Å². The van der Waals surface area contributed by atoms with Crippen molar-refractivity contribution in [3.05, 3.63) is 79.2 Å². The molecule has 0 unspecified atom stereocenters. The summed E-state index contributed by atoms with van der Waals surface area (Å²) in [5, 5.41) is 1.18. The molecule has 21 heavy (non-hydrogen) atoms. The maximum absolute atomic E-state index is 4.61. The number of nitrogens with zero attached hydrogens (tertiary/aromatic N) is 1. The van der Waals surface area contributed by atoms with Crippen LogP contribution in [0.3, 0.4) is 0 Å². The van der Waals surface area contributed by atoms with Crippen molar-refractivity contribution in [1.82, 2.24) is 4.98 Å². The third kappa shape index (κ3) is 5.74. The van der Waals surface area contributed by atoms with E-state index in [1.807, 2.05) is 42.6 Å². The Balaban J connectivity index is 0. The van der Waals surface area contributed by atoms with Crippen molar-refractivity contribution in [2.24, 2.45) is 0 Å². The monoisotopic (exact) mass is 502 g/mol. The summed E-state index contributed by atoms with van der Waals surface area (Å²) < 4.78 is 0. The summed E-state index contributed by atoms with van der Waals surface area (Å²) in [5.41, 5.74) is 3.42. The van der Waals surface area contributed by atoms with Crippen LogP contribution in [0.25, 0.3) is 34.3 Å². The first-order valence-corrected chi connectivity index (χ1v) is 8.27. The maximum Gasteiger partial charge on any atom is 0.0702 e. The van der Waals surface area contributed by atoms with Crippen LogP contribution < -0.4 is 12.4 Å². The number of hydrogen-bond acceptors (Lipinski definition) is 1. The number of benzene rings is 2. The van der Waals surface area contributed by atoms with Gasteiger partial charge in [-0.1, -0.05) is 48.5 Å². The minimum absolute atomic E-state index is 0. The van der Waals surface area contributed by atoms with Crippen LogP contribution in [0.1, 0.15) is 0 Å². The molecule has 0 aliphatic carbocycles. The Bertz CT molecular complexity index is 636. The number of aromatic nitrogens is 1. The number of rotatable bonds is 1. The fourth-order valence-electron chi connectivity index (χ4n) is 1.86. The second-order valence-corrected chi connectivity index (χ2v) is 3.78. The molecular weight excluding hydrogens is 488 g/mol. The molecule has 0 saturated carbocycles. The summed E-state index contributed by atoms with van der Waals surface area (Å²) in [4.78, 5) is 4.46. The molecule has 0 aliphatic heterocycles. The molecule has 0 spiro atoms. The minimum atomic E-state index is 0. The van der Waals surface area contributed by atoms with Crippen molar-refractivity contribution < 1.29 is 31.2 Å². The Hall–Kier alpha value is -0.962. The first-order chi connectivity index (χ1) is 8.93. The third-order valence-electron chi connectivity index (χ3n) is 2.70. The predicted molar refractivity (Wildman–Crippen MR) is 83.6 cm³/mol. The van der Waals surface area contributed by atoms with Crippen LogP contribution in [-0.4, -0.2) is 4.98 Å². The Labute approximate surface area is 146 Å². The number of halogens is 2. The molecule has 0 amide bonds. The zero-order valence-corrected chi connectivity index (χ0v) is 14.8. The Morgan fingerprint density at radius 3 is 2.00 bits per heavy atom. The van der Waals surface area contributed by atoms with E-state index in [9.17, 15) is 0 Å². The molecule has 2 aromatic carbocycles. The molecule has 0 radical (unpaired) electrons. The van der Waals surface area contributed by atoms with Gasteiger partial charge in [0.1, 0.15) is 0 Å². The van der Waals surface area contributed by atoms with Crippen LogP contribution in [0.4, 0.5) is 0 Å². The predicted octanol–water partition coefficient (Wildman–Crippen LogP) is 3.03. The number of hydrogen-bond donors (Lipinski definition) is 0. The van der Waals surface area contributed by atoms with Gasteiger partial charge in [0, 0.05) is 17.1 Å². The van der Waals surface area contributed by atoms with Crippen LogP contribution in [0.15, 0.2) is 66.9 Å². The van der Waals surface area contributed by atoms with Crippen molar-refractivity contribution in [3.63, 3.8) is 0 Å². The molecule has 117 valence electrons. The molecule has 0 fully saturated rings. The van der Waals surface area contributed by atoms with Gasteiger partial charge in [0.2, 0.25) is 0 Å². The zero-order chi connectivity index (χ0) is 12.8. The molecule has 6 heteroatoms. The minimum Gasteiger partial charge on any atom is -0.693 e. The topological polar surface area (TPSA) is 79.9 Å². The second-order valence-electron chi connectivity index (χ2n) is 3.78. The molecule has 0 bridgehead atoms. The van der Waals surface area contributed by atoms with Gasteiger partial charge in [-0.15, -0.1) is 0 Å². The number of fused-ring (bicyclic) bond motifs is 1. The molecule has 4 N–H and O–H groups in total. The van der Waals surface area contributed by atoms with Crippen LogP contribution in [-0.2, 0) is 18.8 Å². The van der Waals surface area contributed by atoms with Gasteiger partial charge >= 0.3 is 28.2 Å². The quantitative estimate of drug-likeness (QED) is 0.503. The van der Waals surface area contributed by atoms with E-state index in [4.69, 9.17) is 0 Å². The molecule has 1 heterocycles. The number of nitrogens with two attached hydrogens (primary N) is 2. The smallest absolute Gasteiger partial charge is 0.0702 e. The van der Waals surface area contributed by atoms with Crippen molar-refractivity contribution in [2.75, 3.05) is 0 Å². The van der Waals surface area contributed by atoms with Crippen LogP contribution >= 0.6 is 9.42 Å². The molecule has 0 aliphatic rings. The van der Waals surface area contributed by atoms with Crippen LogP contribution in [0.5, 0.6) is 0 Å². The summed E-state index contributed by atoms with van der Waals surface area (Å²) in [6.07, 6.45) is 1.93. The molecule has 1 aromatic heterocycles. The van der Waals surface area contributed by atoms with E-state index in [0.29, 0.717) is 0 Å². The van der Waals surface area contributed by atoms with Crippen molar-refractivity contribution in [3.8, 4) is 11.1 Å². The number of para-hydroxylation sites is 1. The first-order valence-electron chi connectivity index (χ1n) is 5.46. The summed E-state index contributed by atoms with van der Waals surface area (Å²) in [6.45, 7) is 0. The first kappa shape index (κ1) is 22.3. The largest absolute Gasteiger partial charge is 0.693 e. The molecule has 3 rings (SSSR count). The Morgan fingerprint density at radius 1 is 0.762 bits per heavy atom. The van der Waals surface area contributed by atoms with Crippen LogP contribution in [0, 0.1) is 0 Å². The molecule has 0 atom stereocenters. The van der Waals surface area contributed by atoms with E-state index < -0.39 is 0 Å². The Kier molecular flexibility index (Phi) is 12.4. The van der Waals surface area contributed by atoms with Gasteiger partial charge in [-0.2, -0.15) is 0 Å². The molecule has 3 nitrogen and oxygen atoms in total. The molecule has 0 saturated heterocycles. The summed E-state index contributed by atoms with van der Waals surface area (Å²) >= 11 is 1.61. The fraction of sp³-hybridized carbons (Fsp3) is 0. The van der Waals surface area contributed by atoms with Gasteiger partial charge in [-0.25, -0.2) is 0 Å². The summed E-state index contributed by atoms with van der Waals surface area (Å²) in [6, 6.07) is 20.7. The third-order valence-corrected chi connectivity index (χ3v) is 2.70. The SMILES string of the molecule is [Cl-].[Cl][Pt].[NH2-].[NH2-].c1ccc(-c2cnc3ccccc3c2)cc1. The normalized spacial score (nSPS) is 8.33. The van der Waals surface area contributed by atoms with Gasteiger partial charge in [-0.3, -0.25) is 4.98 Å². The fourth-order valence-corrected chi connectivity index (χ4v) is 1.86. The average molecular weight is 503 g/mol. The van der Waals surface area contributed by atoms with Gasteiger partial charge in [-0.05, 0) is 17.7 Å². The standard InChI is InChI=1S/C15H11N.2ClH.2H2N.Pt/c1-2-6-12(7-3-1)14-10-13-8-4-5-9-15(13)16-11-14;;;;;/h1-11H;2*1H;2*1H2;/q;;;2*-1;+1/p-2. The summed E-state index contributed by atoms with van der Waals surface area (Å²) in [7, 11) is 4.61. The van der Waals surface area contributed by atoms with Crippen molar-refractivity contribution in [2.45, 2.75) is 0 Å². The molecule has 3 aromatic rings. The van der Waals surface area contributed by atoms with E-state index in [1.165, 1.54) is 16.5 Å². The van der Waals surface area contributed by atoms with Crippen LogP contribution in [0.2, 0.25) is 0 Å². The van der Waals surface area contributed by atoms with E-state index in [0.717, 1.165) is 5.52 Å². The zero-order valence-electron chi connectivity index (χ0n) is 11.0. The van der Waals surface area contributed by atoms with Gasteiger partial charge in [0.05, 0.1) is 5.52 Å². The average Bonchev–Trinajstić information content (AvgIpc) is 2.50. The maximum atomic E-state index is 4.61.